The van der Waals surface area contributed by atoms with Crippen LogP contribution in [0.25, 0.3) is 20.9 Å². The van der Waals surface area contributed by atoms with Crippen molar-refractivity contribution in [1.29, 1.82) is 5.26 Å². The highest BCUT2D eigenvalue weighted by atomic mass is 32.1. The highest BCUT2D eigenvalue weighted by molar-refractivity contribution is 7.22. The van der Waals surface area contributed by atoms with Crippen LogP contribution in [-0.4, -0.2) is 4.98 Å². The fraction of sp³-hybridized carbons (Fsp3) is 0. The molecule has 0 bridgehead atoms. The number of nitrogen functional groups attached to an aromatic ring is 1. The second-order valence-electron chi connectivity index (χ2n) is 3.64. The zero-order valence-corrected chi connectivity index (χ0v) is 9.79. The van der Waals surface area contributed by atoms with Crippen LogP contribution in [0.5, 0.6) is 0 Å². The van der Waals surface area contributed by atoms with Gasteiger partial charge in [0.25, 0.3) is 0 Å². The van der Waals surface area contributed by atoms with Crippen LogP contribution in [0.3, 0.4) is 0 Å². The molecule has 2 N–H and O–H groups in total. The van der Waals surface area contributed by atoms with Crippen LogP contribution in [0.15, 0.2) is 28.7 Å². The second-order valence-corrected chi connectivity index (χ2v) is 4.72. The number of benzene rings is 1. The molecule has 88 valence electrons. The molecule has 0 unspecified atom stereocenters. The van der Waals surface area contributed by atoms with Crippen LogP contribution in [0.2, 0.25) is 0 Å². The smallest absolute Gasteiger partial charge is 0.240 e. The largest absolute Gasteiger partial charge is 0.419 e. The average Bonchev–Trinajstić information content (AvgIpc) is 2.91. The minimum Gasteiger partial charge on any atom is -0.419 e. The van der Waals surface area contributed by atoms with Gasteiger partial charge in [0.05, 0.1) is 4.88 Å². The number of anilines is 1. The van der Waals surface area contributed by atoms with Crippen molar-refractivity contribution in [1.82, 2.24) is 4.98 Å². The van der Waals surface area contributed by atoms with E-state index in [9.17, 15) is 4.39 Å². The minimum absolute atomic E-state index is 0.00358. The van der Waals surface area contributed by atoms with Crippen molar-refractivity contribution < 1.29 is 8.81 Å². The van der Waals surface area contributed by atoms with Crippen molar-refractivity contribution in [2.75, 3.05) is 5.73 Å². The summed E-state index contributed by atoms with van der Waals surface area (Å²) in [5.74, 6) is -0.0117. The lowest BCUT2D eigenvalue weighted by Crippen LogP contribution is -1.83. The highest BCUT2D eigenvalue weighted by Gasteiger charge is 2.14. The Bertz CT molecular complexity index is 784. The van der Waals surface area contributed by atoms with Crippen molar-refractivity contribution >= 4 is 27.3 Å². The number of hydrogen-bond acceptors (Lipinski definition) is 5. The number of nitriles is 1. The van der Waals surface area contributed by atoms with Gasteiger partial charge in [0.2, 0.25) is 17.5 Å². The summed E-state index contributed by atoms with van der Waals surface area (Å²) in [6.07, 6.45) is 0. The molecule has 3 aromatic rings. The summed E-state index contributed by atoms with van der Waals surface area (Å²) in [4.78, 5) is 4.69. The molecule has 0 fully saturated rings. The van der Waals surface area contributed by atoms with Gasteiger partial charge in [0, 0.05) is 4.70 Å². The van der Waals surface area contributed by atoms with E-state index >= 15 is 0 Å². The number of thiophene rings is 1. The fourth-order valence-corrected chi connectivity index (χ4v) is 2.64. The molecule has 0 radical (unpaired) electrons. The first-order valence-corrected chi connectivity index (χ1v) is 5.85. The number of oxazole rings is 1. The Labute approximate surface area is 105 Å². The van der Waals surface area contributed by atoms with Crippen LogP contribution >= 0.6 is 11.3 Å². The molecule has 0 aliphatic rings. The first-order chi connectivity index (χ1) is 8.67. The molecule has 3 rings (SSSR count). The zero-order chi connectivity index (χ0) is 12.7. The van der Waals surface area contributed by atoms with Gasteiger partial charge < -0.3 is 10.2 Å². The maximum absolute atomic E-state index is 13.1. The summed E-state index contributed by atoms with van der Waals surface area (Å²) in [5.41, 5.74) is 5.56. The van der Waals surface area contributed by atoms with Gasteiger partial charge in [-0.05, 0) is 23.6 Å². The van der Waals surface area contributed by atoms with Gasteiger partial charge in [-0.15, -0.1) is 11.3 Å². The SMILES string of the molecule is N#Cc1nc(-c2cc3ccc(F)cc3s2)oc1N. The third-order valence-corrected chi connectivity index (χ3v) is 3.54. The van der Waals surface area contributed by atoms with Crippen LogP contribution < -0.4 is 5.73 Å². The fourth-order valence-electron chi connectivity index (χ4n) is 1.63. The summed E-state index contributed by atoms with van der Waals surface area (Å²) in [6, 6.07) is 8.19. The number of fused-ring (bicyclic) bond motifs is 1. The van der Waals surface area contributed by atoms with Gasteiger partial charge in [-0.3, -0.25) is 0 Å². The Balaban J connectivity index is 2.16. The van der Waals surface area contributed by atoms with Crippen molar-refractivity contribution in [3.8, 4) is 16.8 Å². The monoisotopic (exact) mass is 259 g/mol. The number of halogens is 1. The predicted molar refractivity (Wildman–Crippen MR) is 66.4 cm³/mol. The lowest BCUT2D eigenvalue weighted by Gasteiger charge is -1.86. The molecule has 0 spiro atoms. The Kier molecular flexibility index (Phi) is 2.28. The molecular formula is C12H6FN3OS. The van der Waals surface area contributed by atoms with Gasteiger partial charge >= 0.3 is 0 Å². The lowest BCUT2D eigenvalue weighted by molar-refractivity contribution is 0.595. The van der Waals surface area contributed by atoms with Gasteiger partial charge in [-0.1, -0.05) is 6.07 Å². The van der Waals surface area contributed by atoms with E-state index in [1.807, 2.05) is 12.1 Å². The summed E-state index contributed by atoms with van der Waals surface area (Å²) in [5, 5.41) is 9.65. The third kappa shape index (κ3) is 1.61. The van der Waals surface area contributed by atoms with E-state index in [1.54, 1.807) is 6.07 Å². The van der Waals surface area contributed by atoms with Crippen LogP contribution in [0.1, 0.15) is 5.69 Å². The Morgan fingerprint density at radius 1 is 1.39 bits per heavy atom. The summed E-state index contributed by atoms with van der Waals surface area (Å²) >= 11 is 1.34. The molecule has 0 saturated carbocycles. The van der Waals surface area contributed by atoms with E-state index in [0.717, 1.165) is 10.1 Å². The van der Waals surface area contributed by atoms with E-state index in [0.29, 0.717) is 4.88 Å². The molecule has 4 nitrogen and oxygen atoms in total. The molecule has 2 aromatic heterocycles. The minimum atomic E-state index is -0.291. The first kappa shape index (κ1) is 10.7. The van der Waals surface area contributed by atoms with E-state index < -0.39 is 0 Å². The van der Waals surface area contributed by atoms with E-state index in [-0.39, 0.29) is 23.3 Å². The predicted octanol–water partition coefficient (Wildman–Crippen LogP) is 3.15. The molecule has 0 amide bonds. The van der Waals surface area contributed by atoms with E-state index in [1.165, 1.54) is 23.5 Å². The molecule has 0 atom stereocenters. The topological polar surface area (TPSA) is 75.8 Å². The molecular weight excluding hydrogens is 253 g/mol. The Hall–Kier alpha value is -2.39. The summed E-state index contributed by atoms with van der Waals surface area (Å²) in [6.45, 7) is 0. The van der Waals surface area contributed by atoms with Gasteiger partial charge in [0.15, 0.2) is 0 Å². The van der Waals surface area contributed by atoms with Crippen LogP contribution in [0.4, 0.5) is 10.3 Å². The van der Waals surface area contributed by atoms with Crippen molar-refractivity contribution in [2.24, 2.45) is 0 Å². The standard InChI is InChI=1S/C12H6FN3OS/c13-7-2-1-6-3-10(18-9(6)4-7)12-16-8(5-14)11(15)17-12/h1-4H,15H2. The quantitative estimate of drug-likeness (QED) is 0.728. The Morgan fingerprint density at radius 3 is 2.94 bits per heavy atom. The summed E-state index contributed by atoms with van der Waals surface area (Å²) in [7, 11) is 0. The number of nitrogens with zero attached hydrogens (tertiary/aromatic N) is 2. The number of hydrogen-bond donors (Lipinski definition) is 1. The number of nitrogens with two attached hydrogens (primary N) is 1. The van der Waals surface area contributed by atoms with Gasteiger partial charge in [-0.2, -0.15) is 10.2 Å². The number of rotatable bonds is 1. The first-order valence-electron chi connectivity index (χ1n) is 5.03. The van der Waals surface area contributed by atoms with Crippen molar-refractivity contribution in [2.45, 2.75) is 0 Å². The van der Waals surface area contributed by atoms with Gasteiger partial charge in [0.1, 0.15) is 11.9 Å². The molecule has 0 aliphatic heterocycles. The van der Waals surface area contributed by atoms with E-state index in [2.05, 4.69) is 4.98 Å². The van der Waals surface area contributed by atoms with Crippen molar-refractivity contribution in [3.63, 3.8) is 0 Å². The second kappa shape index (κ2) is 3.82. The van der Waals surface area contributed by atoms with Gasteiger partial charge in [-0.25, -0.2) is 4.39 Å². The molecule has 2 heterocycles. The molecule has 6 heteroatoms. The maximum Gasteiger partial charge on any atom is 0.240 e. The Morgan fingerprint density at radius 2 is 2.22 bits per heavy atom. The molecule has 18 heavy (non-hydrogen) atoms. The maximum atomic E-state index is 13.1. The summed E-state index contributed by atoms with van der Waals surface area (Å²) < 4.78 is 19.1. The number of aromatic nitrogens is 1. The average molecular weight is 259 g/mol. The highest BCUT2D eigenvalue weighted by Crippen LogP contribution is 2.34. The van der Waals surface area contributed by atoms with Crippen molar-refractivity contribution in [3.05, 3.63) is 35.8 Å². The third-order valence-electron chi connectivity index (χ3n) is 2.45. The molecule has 1 aromatic carbocycles. The normalized spacial score (nSPS) is 10.7. The zero-order valence-electron chi connectivity index (χ0n) is 8.98. The molecule has 0 aliphatic carbocycles. The van der Waals surface area contributed by atoms with Crippen LogP contribution in [-0.2, 0) is 0 Å². The molecule has 0 saturated heterocycles. The lowest BCUT2D eigenvalue weighted by atomic mass is 10.2. The van der Waals surface area contributed by atoms with Crippen LogP contribution in [0, 0.1) is 17.1 Å². The van der Waals surface area contributed by atoms with E-state index in [4.69, 9.17) is 15.4 Å².